The Morgan fingerprint density at radius 2 is 1.74 bits per heavy atom. The van der Waals surface area contributed by atoms with Gasteiger partial charge in [0, 0.05) is 36.2 Å². The molecular weight excluding hydrogens is 388 g/mol. The van der Waals surface area contributed by atoms with E-state index in [1.54, 1.807) is 6.07 Å². The summed E-state index contributed by atoms with van der Waals surface area (Å²) in [5, 5.41) is 8.87. The van der Waals surface area contributed by atoms with Crippen LogP contribution in [0.3, 0.4) is 0 Å². The zero-order chi connectivity index (χ0) is 22.2. The van der Waals surface area contributed by atoms with E-state index in [0.29, 0.717) is 11.3 Å². The van der Waals surface area contributed by atoms with Gasteiger partial charge in [-0.05, 0) is 68.9 Å². The van der Waals surface area contributed by atoms with Crippen LogP contribution in [0.25, 0.3) is 0 Å². The van der Waals surface area contributed by atoms with Crippen molar-refractivity contribution in [2.75, 3.05) is 28.6 Å². The molecule has 0 radical (unpaired) electrons. The van der Waals surface area contributed by atoms with Crippen LogP contribution in [-0.2, 0) is 6.42 Å². The van der Waals surface area contributed by atoms with Crippen molar-refractivity contribution in [3.63, 3.8) is 0 Å². The highest BCUT2D eigenvalue weighted by Crippen LogP contribution is 2.28. The summed E-state index contributed by atoms with van der Waals surface area (Å²) in [5.74, 6) is -0.102. The number of amides is 3. The molecule has 0 aliphatic carbocycles. The second-order valence-corrected chi connectivity index (χ2v) is 8.15. The van der Waals surface area contributed by atoms with Gasteiger partial charge in [-0.1, -0.05) is 32.0 Å². The molecule has 0 bridgehead atoms. The summed E-state index contributed by atoms with van der Waals surface area (Å²) in [7, 11) is 0. The fourth-order valence-electron chi connectivity index (χ4n) is 3.85. The first-order valence-electron chi connectivity index (χ1n) is 11.4. The summed E-state index contributed by atoms with van der Waals surface area (Å²) < 4.78 is 0. The van der Waals surface area contributed by atoms with Crippen LogP contribution in [0.2, 0.25) is 0 Å². The molecule has 166 valence electrons. The lowest BCUT2D eigenvalue weighted by Gasteiger charge is -2.31. The molecule has 1 heterocycles. The highest BCUT2D eigenvalue weighted by atomic mass is 16.2. The average molecular weight is 423 g/mol. The molecule has 1 aliphatic rings. The van der Waals surface area contributed by atoms with Gasteiger partial charge in [0.05, 0.1) is 5.56 Å². The van der Waals surface area contributed by atoms with Crippen molar-refractivity contribution >= 4 is 29.0 Å². The fourth-order valence-corrected chi connectivity index (χ4v) is 3.85. The summed E-state index contributed by atoms with van der Waals surface area (Å²) in [6.07, 6.45) is 5.18. The highest BCUT2D eigenvalue weighted by Gasteiger charge is 2.20. The second kappa shape index (κ2) is 10.8. The smallest absolute Gasteiger partial charge is 0.323 e. The van der Waals surface area contributed by atoms with Crippen LogP contribution in [0.5, 0.6) is 0 Å². The lowest BCUT2D eigenvalue weighted by atomic mass is 10.1. The zero-order valence-electron chi connectivity index (χ0n) is 18.8. The number of carbonyl (C=O) groups is 2. The third kappa shape index (κ3) is 6.00. The molecule has 31 heavy (non-hydrogen) atoms. The van der Waals surface area contributed by atoms with Crippen molar-refractivity contribution < 1.29 is 9.59 Å². The molecule has 6 nitrogen and oxygen atoms in total. The van der Waals surface area contributed by atoms with Crippen LogP contribution in [0.1, 0.15) is 62.4 Å². The number of benzene rings is 2. The maximum atomic E-state index is 13.0. The number of nitrogens with zero attached hydrogens (tertiary/aromatic N) is 1. The second-order valence-electron chi connectivity index (χ2n) is 8.15. The Morgan fingerprint density at radius 3 is 2.45 bits per heavy atom. The van der Waals surface area contributed by atoms with E-state index >= 15 is 0 Å². The van der Waals surface area contributed by atoms with Gasteiger partial charge >= 0.3 is 6.03 Å². The van der Waals surface area contributed by atoms with E-state index in [9.17, 15) is 9.59 Å². The monoisotopic (exact) mass is 422 g/mol. The minimum Gasteiger partial charge on any atom is -0.371 e. The van der Waals surface area contributed by atoms with Crippen molar-refractivity contribution in [3.05, 3.63) is 53.6 Å². The fraction of sp³-hybridized carbons (Fsp3) is 0.440. The third-order valence-corrected chi connectivity index (χ3v) is 5.83. The number of aryl methyl sites for hydroxylation is 1. The van der Waals surface area contributed by atoms with Crippen LogP contribution < -0.4 is 20.9 Å². The van der Waals surface area contributed by atoms with Gasteiger partial charge in [0.25, 0.3) is 5.91 Å². The predicted molar refractivity (Wildman–Crippen MR) is 128 cm³/mol. The molecule has 3 rings (SSSR count). The lowest BCUT2D eigenvalue weighted by molar-refractivity contribution is 0.0939. The minimum absolute atomic E-state index is 0.0900. The maximum absolute atomic E-state index is 13.0. The number of piperidine rings is 1. The van der Waals surface area contributed by atoms with Gasteiger partial charge < -0.3 is 20.9 Å². The number of carbonyl (C=O) groups excluding carboxylic acids is 2. The van der Waals surface area contributed by atoms with Gasteiger partial charge in [-0.25, -0.2) is 4.79 Å². The van der Waals surface area contributed by atoms with E-state index in [1.807, 2.05) is 50.2 Å². The van der Waals surface area contributed by atoms with Gasteiger partial charge in [0.1, 0.15) is 0 Å². The average Bonchev–Trinajstić information content (AvgIpc) is 2.79. The molecule has 1 aliphatic heterocycles. The molecule has 1 fully saturated rings. The summed E-state index contributed by atoms with van der Waals surface area (Å²) in [6.45, 7) is 8.00. The molecule has 3 amide bonds. The number of hydrogen-bond acceptors (Lipinski definition) is 3. The van der Waals surface area contributed by atoms with Crippen LogP contribution >= 0.6 is 0 Å². The number of rotatable bonds is 7. The molecule has 1 atom stereocenters. The van der Waals surface area contributed by atoms with Crippen LogP contribution in [0.4, 0.5) is 21.9 Å². The van der Waals surface area contributed by atoms with Gasteiger partial charge in [-0.15, -0.1) is 0 Å². The van der Waals surface area contributed by atoms with Gasteiger partial charge in [0.2, 0.25) is 0 Å². The molecule has 0 aromatic heterocycles. The molecule has 1 unspecified atom stereocenters. The van der Waals surface area contributed by atoms with E-state index in [-0.39, 0.29) is 18.0 Å². The van der Waals surface area contributed by atoms with Crippen molar-refractivity contribution in [1.29, 1.82) is 0 Å². The molecule has 6 heteroatoms. The standard InChI is InChI=1S/C25H34N4O2/c1-4-18(3)26-24(30)21-17-20(13-14-23(21)29-15-9-6-10-16-29)27-25(31)28-22-12-8-7-11-19(22)5-2/h7-8,11-14,17-18H,4-6,9-10,15-16H2,1-3H3,(H,26,30)(H2,27,28,31). The SMILES string of the molecule is CCc1ccccc1NC(=O)Nc1ccc(N2CCCCC2)c(C(=O)NC(C)CC)c1. The quantitative estimate of drug-likeness (QED) is 0.558. The number of para-hydroxylation sites is 1. The van der Waals surface area contributed by atoms with E-state index < -0.39 is 0 Å². The summed E-state index contributed by atoms with van der Waals surface area (Å²) in [5.41, 5.74) is 4.01. The number of urea groups is 1. The first-order valence-corrected chi connectivity index (χ1v) is 11.4. The third-order valence-electron chi connectivity index (χ3n) is 5.83. The first-order chi connectivity index (χ1) is 15.0. The normalized spacial score (nSPS) is 14.6. The topological polar surface area (TPSA) is 73.5 Å². The predicted octanol–water partition coefficient (Wildman–Crippen LogP) is 5.41. The number of nitrogens with one attached hydrogen (secondary N) is 3. The maximum Gasteiger partial charge on any atom is 0.323 e. The molecule has 3 N–H and O–H groups in total. The van der Waals surface area contributed by atoms with E-state index in [2.05, 4.69) is 27.8 Å². The van der Waals surface area contributed by atoms with Crippen molar-refractivity contribution in [3.8, 4) is 0 Å². The van der Waals surface area contributed by atoms with Gasteiger partial charge in [0.15, 0.2) is 0 Å². The minimum atomic E-state index is -0.320. The summed E-state index contributed by atoms with van der Waals surface area (Å²) in [4.78, 5) is 27.9. The first kappa shape index (κ1) is 22.7. The summed E-state index contributed by atoms with van der Waals surface area (Å²) in [6, 6.07) is 13.1. The van der Waals surface area contributed by atoms with Gasteiger partial charge in [-0.3, -0.25) is 4.79 Å². The van der Waals surface area contributed by atoms with E-state index in [4.69, 9.17) is 0 Å². The molecule has 1 saturated heterocycles. The van der Waals surface area contributed by atoms with Crippen LogP contribution in [0.15, 0.2) is 42.5 Å². The van der Waals surface area contributed by atoms with E-state index in [1.165, 1.54) is 6.42 Å². The molecule has 0 saturated carbocycles. The Labute approximate surface area is 185 Å². The van der Waals surface area contributed by atoms with Crippen LogP contribution in [-0.4, -0.2) is 31.1 Å². The molecule has 2 aromatic carbocycles. The summed E-state index contributed by atoms with van der Waals surface area (Å²) >= 11 is 0. The Bertz CT molecular complexity index is 906. The Kier molecular flexibility index (Phi) is 7.93. The highest BCUT2D eigenvalue weighted by molar-refractivity contribution is 6.04. The van der Waals surface area contributed by atoms with Gasteiger partial charge in [-0.2, -0.15) is 0 Å². The molecule has 2 aromatic rings. The number of anilines is 3. The Hall–Kier alpha value is -3.02. The largest absolute Gasteiger partial charge is 0.371 e. The Balaban J connectivity index is 1.81. The van der Waals surface area contributed by atoms with E-state index in [0.717, 1.165) is 55.7 Å². The number of hydrogen-bond donors (Lipinski definition) is 3. The molecule has 0 spiro atoms. The molecular formula is C25H34N4O2. The van der Waals surface area contributed by atoms with Crippen molar-refractivity contribution in [2.45, 2.75) is 58.9 Å². The Morgan fingerprint density at radius 1 is 1.00 bits per heavy atom. The lowest BCUT2D eigenvalue weighted by Crippen LogP contribution is -2.35. The van der Waals surface area contributed by atoms with Crippen molar-refractivity contribution in [2.24, 2.45) is 0 Å². The zero-order valence-corrected chi connectivity index (χ0v) is 18.8. The van der Waals surface area contributed by atoms with Crippen molar-refractivity contribution in [1.82, 2.24) is 5.32 Å². The van der Waals surface area contributed by atoms with Crippen LogP contribution in [0, 0.1) is 0 Å².